The first-order chi connectivity index (χ1) is 16.9. The van der Waals surface area contributed by atoms with Crippen LogP contribution in [-0.2, 0) is 27.4 Å². The van der Waals surface area contributed by atoms with Gasteiger partial charge >= 0.3 is 0 Å². The van der Waals surface area contributed by atoms with Crippen LogP contribution in [-0.4, -0.2) is 66.1 Å². The van der Waals surface area contributed by atoms with Crippen LogP contribution in [0.25, 0.3) is 0 Å². The lowest BCUT2D eigenvalue weighted by molar-refractivity contribution is -0.150. The minimum Gasteiger partial charge on any atom is -0.380 e. The molecule has 9 nitrogen and oxygen atoms in total. The second-order valence-corrected chi connectivity index (χ2v) is 9.48. The number of ether oxygens (including phenoxy) is 1. The van der Waals surface area contributed by atoms with Crippen LogP contribution in [0.3, 0.4) is 0 Å². The molecule has 2 fully saturated rings. The molecule has 0 aromatic heterocycles. The zero-order valence-electron chi connectivity index (χ0n) is 19.8. The largest absolute Gasteiger partial charge is 0.380 e. The first-order valence-corrected chi connectivity index (χ1v) is 12.1. The Labute approximate surface area is 204 Å². The number of likely N-dealkylation sites (tertiary alicyclic amines) is 1. The van der Waals surface area contributed by atoms with Gasteiger partial charge in [0.1, 0.15) is 5.84 Å². The minimum atomic E-state index is -1.65. The van der Waals surface area contributed by atoms with Gasteiger partial charge in [-0.25, -0.2) is 0 Å². The van der Waals surface area contributed by atoms with Crippen molar-refractivity contribution in [2.45, 2.75) is 45.1 Å². The highest BCUT2D eigenvalue weighted by molar-refractivity contribution is 6.04. The number of aryl methyl sites for hydroxylation is 1. The van der Waals surface area contributed by atoms with Crippen LogP contribution in [0.1, 0.15) is 35.1 Å². The van der Waals surface area contributed by atoms with Crippen LogP contribution in [0.4, 0.5) is 11.4 Å². The molecule has 35 heavy (non-hydrogen) atoms. The number of hydrogen-bond acceptors (Lipinski definition) is 6. The van der Waals surface area contributed by atoms with Crippen molar-refractivity contribution in [3.05, 3.63) is 58.7 Å². The van der Waals surface area contributed by atoms with Gasteiger partial charge in [0.05, 0.1) is 6.61 Å². The lowest BCUT2D eigenvalue weighted by Gasteiger charge is -2.34. The van der Waals surface area contributed by atoms with E-state index < -0.39 is 24.0 Å². The second-order valence-electron chi connectivity index (χ2n) is 9.48. The third kappa shape index (κ3) is 4.93. The van der Waals surface area contributed by atoms with Crippen molar-refractivity contribution in [2.75, 3.05) is 36.5 Å². The summed E-state index contributed by atoms with van der Waals surface area (Å²) in [7, 11) is 0. The Balaban J connectivity index is 1.28. The van der Waals surface area contributed by atoms with Crippen LogP contribution >= 0.6 is 0 Å². The second kappa shape index (κ2) is 9.77. The predicted octanol–water partition coefficient (Wildman–Crippen LogP) is 1.75. The summed E-state index contributed by atoms with van der Waals surface area (Å²) < 4.78 is 5.57. The summed E-state index contributed by atoms with van der Waals surface area (Å²) in [5, 5.41) is 24.2. The number of aliphatic hydroxyl groups is 1. The van der Waals surface area contributed by atoms with Gasteiger partial charge in [0.25, 0.3) is 11.8 Å². The van der Waals surface area contributed by atoms with Gasteiger partial charge in [-0.3, -0.25) is 19.9 Å². The van der Waals surface area contributed by atoms with Crippen molar-refractivity contribution in [3.63, 3.8) is 0 Å². The van der Waals surface area contributed by atoms with Crippen LogP contribution in [0, 0.1) is 12.3 Å². The summed E-state index contributed by atoms with van der Waals surface area (Å²) in [5.41, 5.74) is 5.14. The highest BCUT2D eigenvalue weighted by atomic mass is 16.5. The molecule has 0 radical (unpaired) electrons. The third-order valence-corrected chi connectivity index (χ3v) is 6.81. The fourth-order valence-corrected chi connectivity index (χ4v) is 5.07. The number of amides is 2. The number of carbonyl (C=O) groups is 2. The monoisotopic (exact) mass is 477 g/mol. The molecule has 3 aliphatic heterocycles. The quantitative estimate of drug-likeness (QED) is 0.504. The molecule has 3 heterocycles. The molecule has 4 N–H and O–H groups in total. The van der Waals surface area contributed by atoms with Gasteiger partial charge in [-0.15, -0.1) is 0 Å². The summed E-state index contributed by atoms with van der Waals surface area (Å²) in [6.45, 7) is 6.13. The number of fused-ring (bicyclic) bond motifs is 1. The standard InChI is InChI=1S/C26H31N5O4/c1-16-10-17(15-30-6-2-3-7-30)12-20(11-16)31-8-9-35-23(26(31)34)22(32)25(33)29-19-4-5-21-18(13-19)14-28-24(21)27/h4-5,10-13,22-23,32H,2-3,6-9,14-15H2,1H3,(H2,27,28)(H,29,33)/t22-,23-/m1/s1. The molecule has 0 unspecified atom stereocenters. The maximum absolute atomic E-state index is 13.3. The third-order valence-electron chi connectivity index (χ3n) is 6.81. The summed E-state index contributed by atoms with van der Waals surface area (Å²) >= 11 is 0. The van der Waals surface area contributed by atoms with Gasteiger partial charge in [-0.2, -0.15) is 0 Å². The zero-order valence-corrected chi connectivity index (χ0v) is 19.8. The molecular formula is C26H31N5O4. The Kier molecular flexibility index (Phi) is 6.55. The molecule has 2 aromatic rings. The molecule has 2 amide bonds. The number of rotatable bonds is 6. The van der Waals surface area contributed by atoms with Crippen molar-refractivity contribution in [1.82, 2.24) is 10.2 Å². The SMILES string of the molecule is Cc1cc(CN2CCCC2)cc(N2CCO[C@H]([C@@H](O)C(=O)Nc3ccc4c(c3)CNC4=N)C2=O)c1. The number of hydrogen-bond donors (Lipinski definition) is 4. The summed E-state index contributed by atoms with van der Waals surface area (Å²) in [6.07, 6.45) is -0.498. The van der Waals surface area contributed by atoms with Crippen LogP contribution in [0.5, 0.6) is 0 Å². The van der Waals surface area contributed by atoms with Crippen molar-refractivity contribution < 1.29 is 19.4 Å². The predicted molar refractivity (Wildman–Crippen MR) is 133 cm³/mol. The van der Waals surface area contributed by atoms with Gasteiger partial charge in [0.15, 0.2) is 12.2 Å². The van der Waals surface area contributed by atoms with Crippen LogP contribution in [0.2, 0.25) is 0 Å². The summed E-state index contributed by atoms with van der Waals surface area (Å²) in [4.78, 5) is 30.1. The number of nitrogens with one attached hydrogen (secondary N) is 3. The van der Waals surface area contributed by atoms with E-state index in [9.17, 15) is 14.7 Å². The summed E-state index contributed by atoms with van der Waals surface area (Å²) in [5.74, 6) is -0.785. The van der Waals surface area contributed by atoms with E-state index in [1.54, 1.807) is 23.1 Å². The van der Waals surface area contributed by atoms with E-state index >= 15 is 0 Å². The lowest BCUT2D eigenvalue weighted by atomic mass is 10.1. The number of aliphatic hydroxyl groups excluding tert-OH is 1. The van der Waals surface area contributed by atoms with Gasteiger partial charge < -0.3 is 25.4 Å². The van der Waals surface area contributed by atoms with Crippen molar-refractivity contribution >= 4 is 29.0 Å². The molecule has 0 bridgehead atoms. The molecule has 0 aliphatic carbocycles. The normalized spacial score (nSPS) is 21.1. The Morgan fingerprint density at radius 3 is 2.83 bits per heavy atom. The maximum Gasteiger partial charge on any atom is 0.259 e. The Bertz CT molecular complexity index is 1160. The number of anilines is 2. The van der Waals surface area contributed by atoms with E-state index in [1.807, 2.05) is 19.1 Å². The van der Waals surface area contributed by atoms with E-state index in [1.165, 1.54) is 12.8 Å². The van der Waals surface area contributed by atoms with Gasteiger partial charge in [0.2, 0.25) is 0 Å². The first kappa shape index (κ1) is 23.5. The Morgan fingerprint density at radius 2 is 2.03 bits per heavy atom. The van der Waals surface area contributed by atoms with E-state index in [2.05, 4.69) is 21.6 Å². The van der Waals surface area contributed by atoms with Crippen molar-refractivity contribution in [1.29, 1.82) is 5.41 Å². The average Bonchev–Trinajstić information content (AvgIpc) is 3.48. The zero-order chi connectivity index (χ0) is 24.5. The van der Waals surface area contributed by atoms with Crippen LogP contribution in [0.15, 0.2) is 36.4 Å². The molecule has 0 spiro atoms. The Hall–Kier alpha value is -3.27. The highest BCUT2D eigenvalue weighted by Crippen LogP contribution is 2.26. The van der Waals surface area contributed by atoms with Gasteiger partial charge in [-0.1, -0.05) is 6.07 Å². The maximum atomic E-state index is 13.3. The highest BCUT2D eigenvalue weighted by Gasteiger charge is 2.39. The van der Waals surface area contributed by atoms with Crippen LogP contribution < -0.4 is 15.5 Å². The van der Waals surface area contributed by atoms with Crippen molar-refractivity contribution in [2.24, 2.45) is 0 Å². The number of benzene rings is 2. The van der Waals surface area contributed by atoms with Gasteiger partial charge in [0, 0.05) is 36.6 Å². The number of amidine groups is 1. The Morgan fingerprint density at radius 1 is 1.23 bits per heavy atom. The smallest absolute Gasteiger partial charge is 0.259 e. The molecule has 2 aromatic carbocycles. The molecule has 2 saturated heterocycles. The van der Waals surface area contributed by atoms with Crippen molar-refractivity contribution in [3.8, 4) is 0 Å². The molecule has 5 rings (SSSR count). The molecular weight excluding hydrogens is 446 g/mol. The molecule has 0 saturated carbocycles. The molecule has 184 valence electrons. The number of nitrogens with zero attached hydrogens (tertiary/aromatic N) is 2. The topological polar surface area (TPSA) is 118 Å². The van der Waals surface area contributed by atoms with E-state index in [-0.39, 0.29) is 6.61 Å². The summed E-state index contributed by atoms with van der Waals surface area (Å²) in [6, 6.07) is 11.3. The van der Waals surface area contributed by atoms with E-state index in [0.29, 0.717) is 24.6 Å². The number of morpholine rings is 1. The first-order valence-electron chi connectivity index (χ1n) is 12.1. The minimum absolute atomic E-state index is 0.225. The van der Waals surface area contributed by atoms with Gasteiger partial charge in [-0.05, 0) is 79.9 Å². The molecule has 3 aliphatic rings. The molecule has 9 heteroatoms. The average molecular weight is 478 g/mol. The van der Waals surface area contributed by atoms with E-state index in [4.69, 9.17) is 10.1 Å². The fraction of sp³-hybridized carbons (Fsp3) is 0.423. The number of carbonyl (C=O) groups excluding carboxylic acids is 2. The lowest BCUT2D eigenvalue weighted by Crippen LogP contribution is -2.55. The van der Waals surface area contributed by atoms with E-state index in [0.717, 1.165) is 47.6 Å². The fourth-order valence-electron chi connectivity index (χ4n) is 5.07. The molecule has 2 atom stereocenters.